The van der Waals surface area contributed by atoms with Crippen molar-refractivity contribution in [1.82, 2.24) is 0 Å². The molecule has 1 aromatic rings. The fourth-order valence-corrected chi connectivity index (χ4v) is 3.36. The molecule has 0 saturated heterocycles. The van der Waals surface area contributed by atoms with Gasteiger partial charge in [-0.3, -0.25) is 0 Å². The van der Waals surface area contributed by atoms with Crippen molar-refractivity contribution in [3.63, 3.8) is 0 Å². The van der Waals surface area contributed by atoms with Crippen LogP contribution < -0.4 is 5.73 Å². The molecule has 0 spiro atoms. The zero-order valence-electron chi connectivity index (χ0n) is 12.9. The lowest BCUT2D eigenvalue weighted by molar-refractivity contribution is 0.557. The van der Waals surface area contributed by atoms with Crippen LogP contribution in [0.2, 0.25) is 0 Å². The highest BCUT2D eigenvalue weighted by atomic mass is 127. The van der Waals surface area contributed by atoms with Crippen LogP contribution in [0.15, 0.2) is 24.3 Å². The van der Waals surface area contributed by atoms with Crippen molar-refractivity contribution in [2.75, 3.05) is 5.73 Å². The molecule has 0 aromatic heterocycles. The molecule has 0 radical (unpaired) electrons. The molecule has 0 aliphatic carbocycles. The molecule has 1 nitrogen and oxygen atoms in total. The van der Waals surface area contributed by atoms with E-state index in [9.17, 15) is 0 Å². The van der Waals surface area contributed by atoms with Gasteiger partial charge in [-0.1, -0.05) is 99.4 Å². The van der Waals surface area contributed by atoms with Gasteiger partial charge >= 0.3 is 0 Å². The first-order chi connectivity index (χ1) is 9.74. The summed E-state index contributed by atoms with van der Waals surface area (Å²) in [4.78, 5) is 0. The van der Waals surface area contributed by atoms with Crippen molar-refractivity contribution in [3.05, 3.63) is 29.8 Å². The molecular formula is C18H30IN. The van der Waals surface area contributed by atoms with Crippen molar-refractivity contribution >= 4 is 28.3 Å². The Labute approximate surface area is 138 Å². The van der Waals surface area contributed by atoms with Crippen LogP contribution in [-0.2, 0) is 0 Å². The highest BCUT2D eigenvalue weighted by molar-refractivity contribution is 14.1. The second-order valence-corrected chi connectivity index (χ2v) is 7.25. The van der Waals surface area contributed by atoms with Crippen LogP contribution in [0.4, 0.5) is 5.69 Å². The molecule has 1 atom stereocenters. The number of nitrogen functional groups attached to an aromatic ring is 1. The highest BCUT2D eigenvalue weighted by Crippen LogP contribution is 2.29. The first-order valence-corrected chi connectivity index (χ1v) is 9.48. The van der Waals surface area contributed by atoms with Crippen molar-refractivity contribution in [2.45, 2.75) is 75.1 Å². The maximum Gasteiger partial charge on any atom is 0.0359 e. The summed E-state index contributed by atoms with van der Waals surface area (Å²) in [6.07, 6.45) is 14.0. The molecule has 0 aliphatic heterocycles. The molecule has 0 heterocycles. The van der Waals surface area contributed by atoms with E-state index in [0.29, 0.717) is 3.92 Å². The quantitative estimate of drug-likeness (QED) is 0.195. The number of anilines is 1. The summed E-state index contributed by atoms with van der Waals surface area (Å²) < 4.78 is 0.637. The van der Waals surface area contributed by atoms with Crippen LogP contribution in [-0.4, -0.2) is 0 Å². The lowest BCUT2D eigenvalue weighted by Gasteiger charge is -2.10. The Morgan fingerprint density at radius 3 is 1.90 bits per heavy atom. The Morgan fingerprint density at radius 1 is 0.850 bits per heavy atom. The number of hydrogen-bond acceptors (Lipinski definition) is 1. The number of benzene rings is 1. The van der Waals surface area contributed by atoms with E-state index in [0.717, 1.165) is 5.69 Å². The Morgan fingerprint density at radius 2 is 1.35 bits per heavy atom. The SMILES string of the molecule is CCCCCCCCCCCC(I)c1ccc(N)cc1. The summed E-state index contributed by atoms with van der Waals surface area (Å²) in [5, 5.41) is 0. The van der Waals surface area contributed by atoms with Gasteiger partial charge in [-0.25, -0.2) is 0 Å². The van der Waals surface area contributed by atoms with Crippen molar-refractivity contribution in [2.24, 2.45) is 0 Å². The molecule has 1 aromatic carbocycles. The predicted octanol–water partition coefficient (Wildman–Crippen LogP) is 6.67. The summed E-state index contributed by atoms with van der Waals surface area (Å²) in [6.45, 7) is 2.28. The fraction of sp³-hybridized carbons (Fsp3) is 0.667. The second kappa shape index (κ2) is 11.4. The van der Waals surface area contributed by atoms with Gasteiger partial charge in [-0.2, -0.15) is 0 Å². The average Bonchev–Trinajstić information content (AvgIpc) is 2.46. The maximum atomic E-state index is 5.72. The molecule has 1 rings (SSSR count). The minimum Gasteiger partial charge on any atom is -0.399 e. The number of hydrogen-bond donors (Lipinski definition) is 1. The Bertz CT molecular complexity index is 334. The van der Waals surface area contributed by atoms with Crippen LogP contribution in [0.5, 0.6) is 0 Å². The Hall–Kier alpha value is -0.250. The van der Waals surface area contributed by atoms with E-state index in [4.69, 9.17) is 5.73 Å². The van der Waals surface area contributed by atoms with E-state index in [1.54, 1.807) is 0 Å². The molecule has 0 fully saturated rings. The lowest BCUT2D eigenvalue weighted by atomic mass is 10.0. The molecule has 20 heavy (non-hydrogen) atoms. The summed E-state index contributed by atoms with van der Waals surface area (Å²) in [5.74, 6) is 0. The van der Waals surface area contributed by atoms with Crippen LogP contribution in [0.25, 0.3) is 0 Å². The first-order valence-electron chi connectivity index (χ1n) is 8.23. The third kappa shape index (κ3) is 8.13. The topological polar surface area (TPSA) is 26.0 Å². The fourth-order valence-electron chi connectivity index (χ4n) is 2.51. The number of unbranched alkanes of at least 4 members (excludes halogenated alkanes) is 8. The lowest BCUT2D eigenvalue weighted by Crippen LogP contribution is -1.92. The van der Waals surface area contributed by atoms with E-state index in [2.05, 4.69) is 41.6 Å². The third-order valence-corrected chi connectivity index (χ3v) is 5.20. The number of nitrogens with two attached hydrogens (primary N) is 1. The van der Waals surface area contributed by atoms with Gasteiger partial charge in [0.25, 0.3) is 0 Å². The van der Waals surface area contributed by atoms with Crippen LogP contribution in [0, 0.1) is 0 Å². The predicted molar refractivity (Wildman–Crippen MR) is 99.5 cm³/mol. The van der Waals surface area contributed by atoms with Gasteiger partial charge in [0.1, 0.15) is 0 Å². The van der Waals surface area contributed by atoms with Crippen molar-refractivity contribution < 1.29 is 0 Å². The monoisotopic (exact) mass is 387 g/mol. The standard InChI is InChI=1S/C18H30IN/c1-2-3-4-5-6-7-8-9-10-11-18(19)16-12-14-17(20)15-13-16/h12-15,18H,2-11,20H2,1H3. The molecule has 0 aliphatic rings. The van der Waals surface area contributed by atoms with Gasteiger partial charge in [0, 0.05) is 9.61 Å². The summed E-state index contributed by atoms with van der Waals surface area (Å²) in [5.41, 5.74) is 8.00. The highest BCUT2D eigenvalue weighted by Gasteiger charge is 2.06. The van der Waals surface area contributed by atoms with E-state index < -0.39 is 0 Å². The summed E-state index contributed by atoms with van der Waals surface area (Å²) >= 11 is 2.56. The zero-order valence-corrected chi connectivity index (χ0v) is 15.1. The zero-order chi connectivity index (χ0) is 14.6. The minimum absolute atomic E-state index is 0.637. The van der Waals surface area contributed by atoms with E-state index in [-0.39, 0.29) is 0 Å². The smallest absolute Gasteiger partial charge is 0.0359 e. The number of alkyl halides is 1. The van der Waals surface area contributed by atoms with Gasteiger partial charge in [0.05, 0.1) is 0 Å². The number of rotatable bonds is 11. The largest absolute Gasteiger partial charge is 0.399 e. The second-order valence-electron chi connectivity index (χ2n) is 5.75. The third-order valence-electron chi connectivity index (χ3n) is 3.86. The summed E-state index contributed by atoms with van der Waals surface area (Å²) in [7, 11) is 0. The maximum absolute atomic E-state index is 5.72. The van der Waals surface area contributed by atoms with Gasteiger partial charge < -0.3 is 5.73 Å². The molecule has 2 N–H and O–H groups in total. The van der Waals surface area contributed by atoms with Crippen LogP contribution >= 0.6 is 22.6 Å². The molecule has 0 saturated carbocycles. The summed E-state index contributed by atoms with van der Waals surface area (Å²) in [6, 6.07) is 8.36. The number of halogens is 1. The average molecular weight is 387 g/mol. The molecule has 2 heteroatoms. The van der Waals surface area contributed by atoms with Gasteiger partial charge in [-0.05, 0) is 24.1 Å². The van der Waals surface area contributed by atoms with E-state index in [1.807, 2.05) is 12.1 Å². The normalized spacial score (nSPS) is 12.5. The minimum atomic E-state index is 0.637. The van der Waals surface area contributed by atoms with E-state index >= 15 is 0 Å². The molecule has 1 unspecified atom stereocenters. The molecule has 0 bridgehead atoms. The van der Waals surface area contributed by atoms with Gasteiger partial charge in [0.15, 0.2) is 0 Å². The van der Waals surface area contributed by atoms with Gasteiger partial charge in [0.2, 0.25) is 0 Å². The molecule has 0 amide bonds. The van der Waals surface area contributed by atoms with E-state index in [1.165, 1.54) is 69.8 Å². The van der Waals surface area contributed by atoms with Gasteiger partial charge in [-0.15, -0.1) is 0 Å². The van der Waals surface area contributed by atoms with Crippen LogP contribution in [0.1, 0.15) is 80.6 Å². The first kappa shape index (κ1) is 17.8. The Kier molecular flexibility index (Phi) is 10.2. The Balaban J connectivity index is 1.99. The van der Waals surface area contributed by atoms with Crippen molar-refractivity contribution in [3.8, 4) is 0 Å². The molecular weight excluding hydrogens is 357 g/mol. The van der Waals surface area contributed by atoms with Crippen LogP contribution in [0.3, 0.4) is 0 Å². The molecule has 114 valence electrons. The van der Waals surface area contributed by atoms with Crippen molar-refractivity contribution in [1.29, 1.82) is 0 Å².